The summed E-state index contributed by atoms with van der Waals surface area (Å²) in [5.41, 5.74) is 15.9. The molecule has 0 saturated heterocycles. The minimum Gasteiger partial charge on any atom is -0.309 e. The van der Waals surface area contributed by atoms with Gasteiger partial charge in [-0.25, -0.2) is 0 Å². The topological polar surface area (TPSA) is 9.86 Å². The zero-order valence-electron chi connectivity index (χ0n) is 30.9. The van der Waals surface area contributed by atoms with E-state index in [-0.39, 0.29) is 0 Å². The van der Waals surface area contributed by atoms with Crippen molar-refractivity contribution in [2.45, 2.75) is 12.3 Å². The third kappa shape index (κ3) is 5.41. The Labute approximate surface area is 326 Å². The first-order valence-corrected chi connectivity index (χ1v) is 19.5. The van der Waals surface area contributed by atoms with Gasteiger partial charge in [-0.05, 0) is 106 Å². The van der Waals surface area contributed by atoms with Gasteiger partial charge in [0.2, 0.25) is 0 Å². The molecule has 11 rings (SSSR count). The Bertz CT molecular complexity index is 3150. The van der Waals surface area contributed by atoms with Gasteiger partial charge >= 0.3 is 0 Å². The van der Waals surface area contributed by atoms with Crippen molar-refractivity contribution in [3.05, 3.63) is 218 Å². The normalized spacial score (nSPS) is 14.0. The number of para-hydroxylation sites is 2. The molecule has 0 amide bonds. The Kier molecular flexibility index (Phi) is 7.67. The molecule has 1 aliphatic rings. The fraction of sp³-hybridized carbons (Fsp3) is 0.0370. The van der Waals surface area contributed by atoms with Crippen molar-refractivity contribution in [2.75, 3.05) is 0 Å². The maximum absolute atomic E-state index is 2.43. The average Bonchev–Trinajstić information content (AvgIpc) is 3.79. The molecule has 10 aromatic rings. The van der Waals surface area contributed by atoms with Crippen LogP contribution in [0, 0.1) is 0 Å². The van der Waals surface area contributed by atoms with Gasteiger partial charge in [0.1, 0.15) is 0 Å². The lowest BCUT2D eigenvalue weighted by Crippen LogP contribution is -1.99. The van der Waals surface area contributed by atoms with Crippen LogP contribution in [0.1, 0.15) is 17.9 Å². The zero-order valence-corrected chi connectivity index (χ0v) is 30.9. The second-order valence-electron chi connectivity index (χ2n) is 14.9. The summed E-state index contributed by atoms with van der Waals surface area (Å²) in [6.07, 6.45) is 9.93. The summed E-state index contributed by atoms with van der Waals surface area (Å²) in [6, 6.07) is 69.1. The van der Waals surface area contributed by atoms with E-state index in [1.54, 1.807) is 0 Å². The third-order valence-corrected chi connectivity index (χ3v) is 11.6. The van der Waals surface area contributed by atoms with Crippen molar-refractivity contribution in [1.29, 1.82) is 0 Å². The van der Waals surface area contributed by atoms with Crippen LogP contribution in [0.5, 0.6) is 0 Å². The highest BCUT2D eigenvalue weighted by molar-refractivity contribution is 6.11. The van der Waals surface area contributed by atoms with Gasteiger partial charge in [0, 0.05) is 38.8 Å². The average molecular weight is 715 g/mol. The lowest BCUT2D eigenvalue weighted by Gasteiger charge is -2.16. The molecule has 0 aliphatic heterocycles. The molecule has 56 heavy (non-hydrogen) atoms. The molecule has 0 bridgehead atoms. The highest BCUT2D eigenvalue weighted by Gasteiger charge is 2.17. The molecule has 1 unspecified atom stereocenters. The Balaban J connectivity index is 0.953. The van der Waals surface area contributed by atoms with E-state index >= 15 is 0 Å². The first-order valence-electron chi connectivity index (χ1n) is 19.5. The first-order chi connectivity index (χ1) is 27.8. The highest BCUT2D eigenvalue weighted by Crippen LogP contribution is 2.39. The summed E-state index contributed by atoms with van der Waals surface area (Å²) in [5, 5.41) is 5.05. The van der Waals surface area contributed by atoms with Crippen LogP contribution in [0.3, 0.4) is 0 Å². The Morgan fingerprint density at radius 2 is 0.821 bits per heavy atom. The monoisotopic (exact) mass is 714 g/mol. The van der Waals surface area contributed by atoms with Crippen molar-refractivity contribution in [3.8, 4) is 44.8 Å². The van der Waals surface area contributed by atoms with Gasteiger partial charge in [-0.3, -0.25) is 0 Å². The molecule has 0 spiro atoms. The van der Waals surface area contributed by atoms with Gasteiger partial charge in [-0.1, -0.05) is 152 Å². The molecule has 2 heteroatoms. The summed E-state index contributed by atoms with van der Waals surface area (Å²) in [6.45, 7) is 0. The predicted octanol–water partition coefficient (Wildman–Crippen LogP) is 14.5. The largest absolute Gasteiger partial charge is 0.309 e. The quantitative estimate of drug-likeness (QED) is 0.162. The molecule has 2 nitrogen and oxygen atoms in total. The molecule has 264 valence electrons. The number of allylic oxidation sites excluding steroid dienone is 4. The fourth-order valence-electron chi connectivity index (χ4n) is 8.89. The minimum atomic E-state index is 0.410. The van der Waals surface area contributed by atoms with Gasteiger partial charge in [0.25, 0.3) is 0 Å². The Morgan fingerprint density at radius 1 is 0.339 bits per heavy atom. The van der Waals surface area contributed by atoms with Crippen molar-refractivity contribution >= 4 is 43.6 Å². The van der Waals surface area contributed by atoms with Gasteiger partial charge in [-0.2, -0.15) is 0 Å². The molecule has 0 radical (unpaired) electrons. The number of hydrogen-bond acceptors (Lipinski definition) is 0. The first kappa shape index (κ1) is 32.3. The second kappa shape index (κ2) is 13.3. The van der Waals surface area contributed by atoms with Gasteiger partial charge in [0.15, 0.2) is 0 Å². The Morgan fingerprint density at radius 3 is 1.43 bits per heavy atom. The van der Waals surface area contributed by atoms with E-state index in [4.69, 9.17) is 0 Å². The number of benzene rings is 8. The predicted molar refractivity (Wildman–Crippen MR) is 237 cm³/mol. The summed E-state index contributed by atoms with van der Waals surface area (Å²) >= 11 is 0. The van der Waals surface area contributed by atoms with Crippen LogP contribution in [-0.2, 0) is 0 Å². The van der Waals surface area contributed by atoms with Crippen LogP contribution >= 0.6 is 0 Å². The van der Waals surface area contributed by atoms with Crippen LogP contribution in [0.15, 0.2) is 212 Å². The van der Waals surface area contributed by atoms with Crippen molar-refractivity contribution in [1.82, 2.24) is 9.13 Å². The summed E-state index contributed by atoms with van der Waals surface area (Å²) < 4.78 is 4.83. The van der Waals surface area contributed by atoms with Crippen LogP contribution in [0.2, 0.25) is 0 Å². The molecular weight excluding hydrogens is 677 g/mol. The molecule has 2 heterocycles. The molecule has 1 atom stereocenters. The summed E-state index contributed by atoms with van der Waals surface area (Å²) in [4.78, 5) is 0. The molecular formula is C54H38N2. The van der Waals surface area contributed by atoms with Crippen molar-refractivity contribution in [2.24, 2.45) is 0 Å². The third-order valence-electron chi connectivity index (χ3n) is 11.6. The lowest BCUT2D eigenvalue weighted by atomic mass is 9.92. The van der Waals surface area contributed by atoms with E-state index in [1.807, 2.05) is 0 Å². The molecule has 8 aromatic carbocycles. The van der Waals surface area contributed by atoms with Crippen LogP contribution < -0.4 is 0 Å². The molecule has 2 aromatic heterocycles. The highest BCUT2D eigenvalue weighted by atomic mass is 15.0. The fourth-order valence-corrected chi connectivity index (χ4v) is 8.89. The lowest BCUT2D eigenvalue weighted by molar-refractivity contribution is 0.852. The molecule has 0 fully saturated rings. The number of rotatable bonds is 6. The second-order valence-corrected chi connectivity index (χ2v) is 14.9. The van der Waals surface area contributed by atoms with E-state index in [1.165, 1.54) is 88.2 Å². The van der Waals surface area contributed by atoms with Gasteiger partial charge in [0.05, 0.1) is 22.1 Å². The maximum atomic E-state index is 2.43. The van der Waals surface area contributed by atoms with Crippen molar-refractivity contribution in [3.63, 3.8) is 0 Å². The van der Waals surface area contributed by atoms with Gasteiger partial charge in [-0.15, -0.1) is 0 Å². The SMILES string of the molecule is C1=CCC(c2cccc(-n3c4ccccc4c4cc(-c5ccc(-c6ccc7c(c6)c6ccccc6n7-c6cccc(-c7ccccc7)c6)cc5)ccc43)c2)C=C1. The summed E-state index contributed by atoms with van der Waals surface area (Å²) in [5.74, 6) is 0.410. The van der Waals surface area contributed by atoms with E-state index in [0.717, 1.165) is 12.1 Å². The van der Waals surface area contributed by atoms with Gasteiger partial charge < -0.3 is 9.13 Å². The van der Waals surface area contributed by atoms with E-state index in [2.05, 4.69) is 221 Å². The van der Waals surface area contributed by atoms with E-state index in [9.17, 15) is 0 Å². The number of nitrogens with zero attached hydrogens (tertiary/aromatic N) is 2. The van der Waals surface area contributed by atoms with Crippen molar-refractivity contribution < 1.29 is 0 Å². The van der Waals surface area contributed by atoms with E-state index < -0.39 is 0 Å². The molecule has 1 aliphatic carbocycles. The molecule has 0 saturated carbocycles. The zero-order chi connectivity index (χ0) is 37.0. The maximum Gasteiger partial charge on any atom is 0.0541 e. The Hall–Kier alpha value is -7.16. The number of fused-ring (bicyclic) bond motifs is 6. The molecule has 0 N–H and O–H groups in total. The minimum absolute atomic E-state index is 0.410. The van der Waals surface area contributed by atoms with Crippen LogP contribution in [0.25, 0.3) is 88.4 Å². The van der Waals surface area contributed by atoms with Crippen LogP contribution in [-0.4, -0.2) is 9.13 Å². The number of aromatic nitrogens is 2. The van der Waals surface area contributed by atoms with Crippen LogP contribution in [0.4, 0.5) is 0 Å². The summed E-state index contributed by atoms with van der Waals surface area (Å²) in [7, 11) is 0. The smallest absolute Gasteiger partial charge is 0.0541 e. The number of hydrogen-bond donors (Lipinski definition) is 0. The standard InChI is InChI=1S/C54H38N2/c1-3-13-37(14-4-1)41-17-11-19-45(33-41)55-51-23-9-7-21-47(51)49-35-43(29-31-53(49)55)39-25-27-40(28-26-39)44-30-32-54-50(36-44)48-22-8-10-24-52(48)56(54)46-20-12-18-42(34-46)38-15-5-2-6-16-38/h1-15,17-36,38H,16H2. The van der Waals surface area contributed by atoms with E-state index in [0.29, 0.717) is 5.92 Å².